The molecule has 0 saturated carbocycles. The Morgan fingerprint density at radius 3 is 2.47 bits per heavy atom. The molecule has 4 heteroatoms. The third-order valence-electron chi connectivity index (χ3n) is 3.48. The second-order valence-electron chi connectivity index (χ2n) is 4.79. The first kappa shape index (κ1) is 15.7. The summed E-state index contributed by atoms with van der Waals surface area (Å²) < 4.78 is 5.38. The Kier molecular flexibility index (Phi) is 5.99. The first-order valence-corrected chi connectivity index (χ1v) is 6.66. The minimum absolute atomic E-state index is 0.00759. The molecular formula is C15H24N2O2. The molecule has 0 aliphatic heterocycles. The molecular weight excluding hydrogens is 240 g/mol. The standard InChI is InChI=1S/C15H24N2O2/c1-4-15(2,19-3)14(18)17(11-10-16)12-13-8-6-5-7-9-13/h5-9H,4,10-12,16H2,1-3H3. The van der Waals surface area contributed by atoms with Gasteiger partial charge in [-0.15, -0.1) is 0 Å². The lowest BCUT2D eigenvalue weighted by atomic mass is 10.0. The van der Waals surface area contributed by atoms with Crippen molar-refractivity contribution < 1.29 is 9.53 Å². The van der Waals surface area contributed by atoms with Crippen molar-refractivity contribution in [2.24, 2.45) is 5.73 Å². The van der Waals surface area contributed by atoms with Gasteiger partial charge in [0, 0.05) is 26.7 Å². The molecule has 0 aliphatic rings. The zero-order valence-electron chi connectivity index (χ0n) is 12.1. The van der Waals surface area contributed by atoms with Crippen molar-refractivity contribution in [3.05, 3.63) is 35.9 Å². The number of hydrogen-bond acceptors (Lipinski definition) is 3. The van der Waals surface area contributed by atoms with Gasteiger partial charge in [0.05, 0.1) is 0 Å². The van der Waals surface area contributed by atoms with Gasteiger partial charge in [0.2, 0.25) is 0 Å². The van der Waals surface area contributed by atoms with Gasteiger partial charge in [0.25, 0.3) is 5.91 Å². The number of carbonyl (C=O) groups is 1. The van der Waals surface area contributed by atoms with Gasteiger partial charge >= 0.3 is 0 Å². The van der Waals surface area contributed by atoms with E-state index in [1.807, 2.05) is 44.2 Å². The van der Waals surface area contributed by atoms with Crippen LogP contribution in [-0.2, 0) is 16.1 Å². The van der Waals surface area contributed by atoms with Gasteiger partial charge in [-0.1, -0.05) is 37.3 Å². The van der Waals surface area contributed by atoms with Crippen LogP contribution in [0.1, 0.15) is 25.8 Å². The smallest absolute Gasteiger partial charge is 0.254 e. The average molecular weight is 264 g/mol. The van der Waals surface area contributed by atoms with Gasteiger partial charge in [-0.3, -0.25) is 4.79 Å². The minimum Gasteiger partial charge on any atom is -0.369 e. The monoisotopic (exact) mass is 264 g/mol. The molecule has 0 heterocycles. The highest BCUT2D eigenvalue weighted by Gasteiger charge is 2.34. The fraction of sp³-hybridized carbons (Fsp3) is 0.533. The number of nitrogens with two attached hydrogens (primary N) is 1. The number of methoxy groups -OCH3 is 1. The maximum atomic E-state index is 12.6. The Morgan fingerprint density at radius 1 is 1.37 bits per heavy atom. The lowest BCUT2D eigenvalue weighted by Gasteiger charge is -2.32. The molecule has 1 amide bonds. The van der Waals surface area contributed by atoms with E-state index in [0.29, 0.717) is 26.1 Å². The number of nitrogens with zero attached hydrogens (tertiary/aromatic N) is 1. The minimum atomic E-state index is -0.774. The van der Waals surface area contributed by atoms with E-state index in [2.05, 4.69) is 0 Å². The predicted octanol–water partition coefficient (Wildman–Crippen LogP) is 1.79. The van der Waals surface area contributed by atoms with Crippen molar-refractivity contribution in [2.75, 3.05) is 20.2 Å². The third-order valence-corrected chi connectivity index (χ3v) is 3.48. The molecule has 1 aromatic rings. The Balaban J connectivity index is 2.85. The Hall–Kier alpha value is -1.39. The zero-order valence-corrected chi connectivity index (χ0v) is 12.1. The van der Waals surface area contributed by atoms with E-state index in [4.69, 9.17) is 10.5 Å². The molecule has 0 aromatic heterocycles. The summed E-state index contributed by atoms with van der Waals surface area (Å²) in [6, 6.07) is 9.91. The predicted molar refractivity (Wildman–Crippen MR) is 76.6 cm³/mol. The van der Waals surface area contributed by atoms with E-state index >= 15 is 0 Å². The molecule has 0 fully saturated rings. The van der Waals surface area contributed by atoms with E-state index in [1.165, 1.54) is 0 Å². The lowest BCUT2D eigenvalue weighted by molar-refractivity contribution is -0.154. The van der Waals surface area contributed by atoms with Crippen molar-refractivity contribution in [3.63, 3.8) is 0 Å². The molecule has 0 saturated heterocycles. The molecule has 2 N–H and O–H groups in total. The summed E-state index contributed by atoms with van der Waals surface area (Å²) in [5.41, 5.74) is 5.93. The van der Waals surface area contributed by atoms with E-state index < -0.39 is 5.60 Å². The number of ether oxygens (including phenoxy) is 1. The molecule has 106 valence electrons. The molecule has 0 aliphatic carbocycles. The van der Waals surface area contributed by atoms with Crippen LogP contribution < -0.4 is 5.73 Å². The zero-order chi connectivity index (χ0) is 14.3. The average Bonchev–Trinajstić information content (AvgIpc) is 2.46. The fourth-order valence-electron chi connectivity index (χ4n) is 1.93. The second-order valence-corrected chi connectivity index (χ2v) is 4.79. The maximum Gasteiger partial charge on any atom is 0.254 e. The Morgan fingerprint density at radius 2 is 2.00 bits per heavy atom. The fourth-order valence-corrected chi connectivity index (χ4v) is 1.93. The third kappa shape index (κ3) is 4.04. The van der Waals surface area contributed by atoms with E-state index in [-0.39, 0.29) is 5.91 Å². The van der Waals surface area contributed by atoms with Crippen molar-refractivity contribution in [3.8, 4) is 0 Å². The van der Waals surface area contributed by atoms with Gasteiger partial charge in [-0.05, 0) is 18.9 Å². The summed E-state index contributed by atoms with van der Waals surface area (Å²) in [6.45, 7) is 5.32. The van der Waals surface area contributed by atoms with Crippen LogP contribution in [0.4, 0.5) is 0 Å². The number of hydrogen-bond donors (Lipinski definition) is 1. The molecule has 1 unspecified atom stereocenters. The number of benzene rings is 1. The highest BCUT2D eigenvalue weighted by atomic mass is 16.5. The van der Waals surface area contributed by atoms with Gasteiger partial charge in [-0.25, -0.2) is 0 Å². The van der Waals surface area contributed by atoms with Crippen LogP contribution >= 0.6 is 0 Å². The first-order chi connectivity index (χ1) is 9.07. The number of rotatable bonds is 7. The molecule has 0 bridgehead atoms. The van der Waals surface area contributed by atoms with Crippen LogP contribution in [0.25, 0.3) is 0 Å². The summed E-state index contributed by atoms with van der Waals surface area (Å²) in [7, 11) is 1.57. The summed E-state index contributed by atoms with van der Waals surface area (Å²) in [5, 5.41) is 0. The van der Waals surface area contributed by atoms with Gasteiger partial charge < -0.3 is 15.4 Å². The van der Waals surface area contributed by atoms with Crippen molar-refractivity contribution in [2.45, 2.75) is 32.4 Å². The van der Waals surface area contributed by atoms with Crippen molar-refractivity contribution >= 4 is 5.91 Å². The highest BCUT2D eigenvalue weighted by molar-refractivity contribution is 5.84. The van der Waals surface area contributed by atoms with Crippen LogP contribution in [0.3, 0.4) is 0 Å². The molecule has 0 radical (unpaired) electrons. The summed E-state index contributed by atoms with van der Waals surface area (Å²) in [4.78, 5) is 14.3. The highest BCUT2D eigenvalue weighted by Crippen LogP contribution is 2.19. The molecule has 1 atom stereocenters. The van der Waals surface area contributed by atoms with Crippen molar-refractivity contribution in [1.29, 1.82) is 0 Å². The van der Waals surface area contributed by atoms with Crippen LogP contribution in [0.2, 0.25) is 0 Å². The molecule has 1 rings (SSSR count). The molecule has 4 nitrogen and oxygen atoms in total. The lowest BCUT2D eigenvalue weighted by Crippen LogP contribution is -2.49. The summed E-state index contributed by atoms with van der Waals surface area (Å²) in [6.07, 6.45) is 0.637. The van der Waals surface area contributed by atoms with Gasteiger partial charge in [0.1, 0.15) is 5.60 Å². The molecule has 1 aromatic carbocycles. The topological polar surface area (TPSA) is 55.6 Å². The first-order valence-electron chi connectivity index (χ1n) is 6.66. The summed E-state index contributed by atoms with van der Waals surface area (Å²) in [5.74, 6) is -0.00759. The normalized spacial score (nSPS) is 13.9. The van der Waals surface area contributed by atoms with Crippen LogP contribution in [-0.4, -0.2) is 36.6 Å². The van der Waals surface area contributed by atoms with Crippen molar-refractivity contribution in [1.82, 2.24) is 4.90 Å². The van der Waals surface area contributed by atoms with Gasteiger partial charge in [-0.2, -0.15) is 0 Å². The van der Waals surface area contributed by atoms with E-state index in [9.17, 15) is 4.79 Å². The number of carbonyl (C=O) groups excluding carboxylic acids is 1. The molecule has 0 spiro atoms. The maximum absolute atomic E-state index is 12.6. The largest absolute Gasteiger partial charge is 0.369 e. The van der Waals surface area contributed by atoms with Gasteiger partial charge in [0.15, 0.2) is 0 Å². The summed E-state index contributed by atoms with van der Waals surface area (Å²) >= 11 is 0. The van der Waals surface area contributed by atoms with Crippen LogP contribution in [0, 0.1) is 0 Å². The quantitative estimate of drug-likeness (QED) is 0.817. The number of amides is 1. The Labute approximate surface area is 115 Å². The van der Waals surface area contributed by atoms with Crippen LogP contribution in [0.15, 0.2) is 30.3 Å². The van der Waals surface area contributed by atoms with Crippen LogP contribution in [0.5, 0.6) is 0 Å². The van der Waals surface area contributed by atoms with E-state index in [0.717, 1.165) is 5.56 Å². The second kappa shape index (κ2) is 7.26. The molecule has 19 heavy (non-hydrogen) atoms. The van der Waals surface area contributed by atoms with E-state index in [1.54, 1.807) is 12.0 Å². The SMILES string of the molecule is CCC(C)(OC)C(=O)N(CCN)Cc1ccccc1. The Bertz CT molecular complexity index is 388.